The number of carbonyl (C=O) groups is 2. The van der Waals surface area contributed by atoms with Crippen molar-refractivity contribution in [3.63, 3.8) is 0 Å². The lowest BCUT2D eigenvalue weighted by atomic mass is 9.77. The minimum Gasteiger partial charge on any atom is -0.479 e. The minimum absolute atomic E-state index is 0.304. The summed E-state index contributed by atoms with van der Waals surface area (Å²) < 4.78 is 10.9. The van der Waals surface area contributed by atoms with Crippen LogP contribution in [0.3, 0.4) is 0 Å². The van der Waals surface area contributed by atoms with Gasteiger partial charge in [0.2, 0.25) is 0 Å². The Kier molecular flexibility index (Phi) is 5.84. The van der Waals surface area contributed by atoms with Crippen LogP contribution < -0.4 is 0 Å². The number of hydrogen-bond donors (Lipinski definition) is 1. The number of nitrogens with zero attached hydrogens (tertiary/aromatic N) is 1. The highest BCUT2D eigenvalue weighted by Gasteiger charge is 2.56. The van der Waals surface area contributed by atoms with Crippen LogP contribution in [0.2, 0.25) is 0 Å². The molecule has 0 aromatic carbocycles. The van der Waals surface area contributed by atoms with Crippen LogP contribution in [0.1, 0.15) is 60.3 Å². The molecule has 1 fully saturated rings. The normalized spacial score (nSPS) is 25.9. The van der Waals surface area contributed by atoms with Crippen molar-refractivity contribution in [2.24, 2.45) is 0 Å². The molecule has 0 heterocycles. The fraction of sp³-hybridized carbons (Fsp3) is 0.875. The van der Waals surface area contributed by atoms with Crippen LogP contribution in [-0.4, -0.2) is 52.5 Å². The Morgan fingerprint density at radius 2 is 1.86 bits per heavy atom. The summed E-state index contributed by atoms with van der Waals surface area (Å²) >= 11 is 0. The molecule has 1 aliphatic rings. The monoisotopic (exact) mass is 315 g/mol. The van der Waals surface area contributed by atoms with E-state index in [0.29, 0.717) is 12.8 Å². The first-order chi connectivity index (χ1) is 10.1. The number of methoxy groups -OCH3 is 1. The lowest BCUT2D eigenvalue weighted by molar-refractivity contribution is -0.169. The number of carboxylic acid groups (broad SMARTS) is 1. The number of carboxylic acids is 1. The molecule has 1 aliphatic carbocycles. The zero-order valence-electron chi connectivity index (χ0n) is 14.5. The van der Waals surface area contributed by atoms with E-state index in [1.807, 2.05) is 0 Å². The molecule has 2 unspecified atom stereocenters. The Balaban J connectivity index is 3.28. The zero-order chi connectivity index (χ0) is 17.1. The van der Waals surface area contributed by atoms with Crippen LogP contribution in [0.25, 0.3) is 0 Å². The fourth-order valence-corrected chi connectivity index (χ4v) is 3.21. The summed E-state index contributed by atoms with van der Waals surface area (Å²) in [5, 5.41) is 9.93. The topological polar surface area (TPSA) is 76.1 Å². The molecule has 0 aromatic rings. The Hall–Kier alpha value is -1.30. The quantitative estimate of drug-likeness (QED) is 0.863. The highest BCUT2D eigenvalue weighted by atomic mass is 16.6. The molecule has 0 aromatic heterocycles. The van der Waals surface area contributed by atoms with Crippen molar-refractivity contribution in [2.45, 2.75) is 83.6 Å². The third kappa shape index (κ3) is 3.72. The summed E-state index contributed by atoms with van der Waals surface area (Å²) in [5.41, 5.74) is -2.05. The summed E-state index contributed by atoms with van der Waals surface area (Å²) in [6.07, 6.45) is 1.50. The second kappa shape index (κ2) is 6.86. The predicted molar refractivity (Wildman–Crippen MR) is 82.8 cm³/mol. The Morgan fingerprint density at radius 3 is 2.27 bits per heavy atom. The van der Waals surface area contributed by atoms with Gasteiger partial charge in [-0.2, -0.15) is 0 Å². The molecular weight excluding hydrogens is 286 g/mol. The van der Waals surface area contributed by atoms with E-state index in [0.717, 1.165) is 12.8 Å². The summed E-state index contributed by atoms with van der Waals surface area (Å²) in [4.78, 5) is 26.1. The summed E-state index contributed by atoms with van der Waals surface area (Å²) in [5.74, 6) is -1.03. The van der Waals surface area contributed by atoms with Gasteiger partial charge < -0.3 is 14.6 Å². The standard InChI is InChI=1S/C16H29NO5/c1-11(2)17(14(20)22-15(3,4)5)16(13(18)19)10-8-7-9-12(16)21-6/h11-12H,7-10H2,1-6H3,(H,18,19). The number of rotatable bonds is 4. The first kappa shape index (κ1) is 18.7. The smallest absolute Gasteiger partial charge is 0.411 e. The summed E-state index contributed by atoms with van der Waals surface area (Å²) in [6.45, 7) is 8.91. The van der Waals surface area contributed by atoms with Gasteiger partial charge in [0.05, 0.1) is 6.10 Å². The van der Waals surface area contributed by atoms with Crippen molar-refractivity contribution in [3.05, 3.63) is 0 Å². The van der Waals surface area contributed by atoms with Crippen LogP contribution in [0.15, 0.2) is 0 Å². The van der Waals surface area contributed by atoms with Crippen molar-refractivity contribution in [2.75, 3.05) is 7.11 Å². The molecule has 0 aliphatic heterocycles. The van der Waals surface area contributed by atoms with Gasteiger partial charge in [-0.25, -0.2) is 9.59 Å². The Bertz CT molecular complexity index is 415. The number of amides is 1. The molecule has 0 spiro atoms. The minimum atomic E-state index is -1.37. The highest BCUT2D eigenvalue weighted by molar-refractivity contribution is 5.85. The highest BCUT2D eigenvalue weighted by Crippen LogP contribution is 2.38. The number of hydrogen-bond acceptors (Lipinski definition) is 4. The van der Waals surface area contributed by atoms with Crippen LogP contribution in [-0.2, 0) is 14.3 Å². The van der Waals surface area contributed by atoms with Crippen LogP contribution >= 0.6 is 0 Å². The van der Waals surface area contributed by atoms with Gasteiger partial charge in [0.1, 0.15) is 5.60 Å². The number of aliphatic carboxylic acids is 1. The zero-order valence-corrected chi connectivity index (χ0v) is 14.5. The van der Waals surface area contributed by atoms with E-state index < -0.39 is 29.3 Å². The summed E-state index contributed by atoms with van der Waals surface area (Å²) in [6, 6.07) is -0.304. The van der Waals surface area contributed by atoms with Crippen LogP contribution in [0, 0.1) is 0 Å². The molecule has 1 saturated carbocycles. The second-order valence-corrected chi connectivity index (χ2v) is 7.14. The van der Waals surface area contributed by atoms with Gasteiger partial charge in [0.25, 0.3) is 0 Å². The lowest BCUT2D eigenvalue weighted by Gasteiger charge is -2.48. The van der Waals surface area contributed by atoms with Crippen molar-refractivity contribution in [1.82, 2.24) is 4.90 Å². The van der Waals surface area contributed by atoms with E-state index in [9.17, 15) is 14.7 Å². The van der Waals surface area contributed by atoms with Gasteiger partial charge in [0.15, 0.2) is 5.54 Å². The Labute approximate surface area is 132 Å². The summed E-state index contributed by atoms with van der Waals surface area (Å²) in [7, 11) is 1.50. The van der Waals surface area contributed by atoms with Gasteiger partial charge in [-0.05, 0) is 47.5 Å². The van der Waals surface area contributed by atoms with E-state index in [-0.39, 0.29) is 6.04 Å². The number of ether oxygens (including phenoxy) is 2. The molecule has 128 valence electrons. The molecule has 1 rings (SSSR count). The largest absolute Gasteiger partial charge is 0.479 e. The van der Waals surface area contributed by atoms with E-state index in [1.165, 1.54) is 12.0 Å². The van der Waals surface area contributed by atoms with Crippen LogP contribution in [0.5, 0.6) is 0 Å². The van der Waals surface area contributed by atoms with Gasteiger partial charge in [0, 0.05) is 13.2 Å². The lowest BCUT2D eigenvalue weighted by Crippen LogP contribution is -2.67. The van der Waals surface area contributed by atoms with E-state index in [1.54, 1.807) is 34.6 Å². The molecule has 6 heteroatoms. The van der Waals surface area contributed by atoms with Crippen molar-refractivity contribution in [3.8, 4) is 0 Å². The van der Waals surface area contributed by atoms with Gasteiger partial charge >= 0.3 is 12.1 Å². The van der Waals surface area contributed by atoms with E-state index in [4.69, 9.17) is 9.47 Å². The average molecular weight is 315 g/mol. The van der Waals surface area contributed by atoms with Crippen molar-refractivity contribution < 1.29 is 24.2 Å². The third-order valence-electron chi connectivity index (χ3n) is 4.00. The fourth-order valence-electron chi connectivity index (χ4n) is 3.21. The third-order valence-corrected chi connectivity index (χ3v) is 4.00. The van der Waals surface area contributed by atoms with Gasteiger partial charge in [-0.15, -0.1) is 0 Å². The van der Waals surface area contributed by atoms with Crippen LogP contribution in [0.4, 0.5) is 4.79 Å². The molecule has 22 heavy (non-hydrogen) atoms. The second-order valence-electron chi connectivity index (χ2n) is 7.14. The molecule has 0 saturated heterocycles. The van der Waals surface area contributed by atoms with Gasteiger partial charge in [-0.1, -0.05) is 12.8 Å². The first-order valence-electron chi connectivity index (χ1n) is 7.84. The van der Waals surface area contributed by atoms with E-state index in [2.05, 4.69) is 0 Å². The molecule has 1 amide bonds. The molecule has 6 nitrogen and oxygen atoms in total. The first-order valence-corrected chi connectivity index (χ1v) is 7.84. The maximum atomic E-state index is 12.7. The predicted octanol–water partition coefficient (Wildman–Crippen LogP) is 3.04. The average Bonchev–Trinajstić information content (AvgIpc) is 2.36. The number of carbonyl (C=O) groups excluding carboxylic acids is 1. The molecule has 2 atom stereocenters. The maximum Gasteiger partial charge on any atom is 0.411 e. The molecular formula is C16H29NO5. The van der Waals surface area contributed by atoms with Crippen molar-refractivity contribution in [1.29, 1.82) is 0 Å². The van der Waals surface area contributed by atoms with Crippen molar-refractivity contribution >= 4 is 12.1 Å². The maximum absolute atomic E-state index is 12.7. The van der Waals surface area contributed by atoms with Gasteiger partial charge in [-0.3, -0.25) is 4.90 Å². The SMILES string of the molecule is COC1CCCCC1(C(=O)O)N(C(=O)OC(C)(C)C)C(C)C. The van der Waals surface area contributed by atoms with E-state index >= 15 is 0 Å². The molecule has 1 N–H and O–H groups in total. The molecule has 0 radical (unpaired) electrons. The molecule has 0 bridgehead atoms. The Morgan fingerprint density at radius 1 is 1.27 bits per heavy atom.